The minimum Gasteiger partial charge on any atom is -0.245 e. The van der Waals surface area contributed by atoms with E-state index < -0.39 is 7.52 Å². The summed E-state index contributed by atoms with van der Waals surface area (Å²) >= 11 is 4.55. The maximum absolute atomic E-state index is 10.4. The van der Waals surface area contributed by atoms with Crippen LogP contribution in [-0.2, 0) is 18.7 Å². The van der Waals surface area contributed by atoms with Gasteiger partial charge in [-0.05, 0) is 28.9 Å². The average Bonchev–Trinajstić information content (AvgIpc) is 1.73. The highest BCUT2D eigenvalue weighted by Crippen LogP contribution is 2.43. The van der Waals surface area contributed by atoms with Crippen LogP contribution >= 0.6 is 10.8 Å². The molecule has 1 saturated heterocycles. The highest BCUT2D eigenvalue weighted by Gasteiger charge is 2.35. The van der Waals surface area contributed by atoms with Gasteiger partial charge in [-0.1, -0.05) is 0 Å². The summed E-state index contributed by atoms with van der Waals surface area (Å²) in [6.07, 6.45) is 0. The lowest BCUT2D eigenvalue weighted by molar-refractivity contribution is 0.693. The molecule has 1 aliphatic rings. The van der Waals surface area contributed by atoms with Crippen molar-refractivity contribution in [2.24, 2.45) is 0 Å². The first-order valence-electron chi connectivity index (χ1n) is 1.55. The molecule has 4 heteroatoms. The summed E-state index contributed by atoms with van der Waals surface area (Å²) in [4.78, 5) is 0. The third kappa shape index (κ3) is 0.691. The van der Waals surface area contributed by atoms with E-state index in [1.807, 2.05) is 6.92 Å². The van der Waals surface area contributed by atoms with Gasteiger partial charge in [0.15, 0.2) is 0 Å². The lowest BCUT2D eigenvalue weighted by Crippen LogP contribution is -1.70. The Balaban J connectivity index is 2.92. The molecule has 0 saturated carbocycles. The molecule has 0 aromatic carbocycles. The number of rotatable bonds is 0. The van der Waals surface area contributed by atoms with Crippen LogP contribution in [0, 0.1) is 0 Å². The molecule has 1 nitrogen and oxygen atoms in total. The van der Waals surface area contributed by atoms with E-state index in [1.54, 1.807) is 0 Å². The fourth-order valence-electron chi connectivity index (χ4n) is 0.166. The van der Waals surface area contributed by atoms with Gasteiger partial charge in [0.05, 0.1) is 7.52 Å². The van der Waals surface area contributed by atoms with E-state index in [9.17, 15) is 4.21 Å². The first-order valence-corrected chi connectivity index (χ1v) is 5.49. The summed E-state index contributed by atoms with van der Waals surface area (Å²) in [6.45, 7) is 1.89. The van der Waals surface area contributed by atoms with Gasteiger partial charge in [-0.3, -0.25) is 0 Å². The summed E-state index contributed by atoms with van der Waals surface area (Å²) in [7, 11) is -0.354. The number of hydrogen-bond acceptors (Lipinski definition) is 3. The van der Waals surface area contributed by atoms with Crippen LogP contribution in [0.3, 0.4) is 0 Å². The first-order chi connectivity index (χ1) is 2.63. The second kappa shape index (κ2) is 1.11. The largest absolute Gasteiger partial charge is 0.245 e. The van der Waals surface area contributed by atoms with Crippen molar-refractivity contribution < 1.29 is 4.21 Å². The Morgan fingerprint density at radius 2 is 2.17 bits per heavy atom. The fraction of sp³-hybridized carbons (Fsp3) is 1.00. The minimum atomic E-state index is -1.75. The standard InChI is InChI=1S/C2H4OS3/c1-2-5-6(2,3)4/h2H,1H3. The van der Waals surface area contributed by atoms with Crippen LogP contribution in [0.1, 0.15) is 6.92 Å². The smallest absolute Gasteiger partial charge is 0.102 e. The van der Waals surface area contributed by atoms with E-state index in [2.05, 4.69) is 11.2 Å². The molecule has 1 aliphatic heterocycles. The van der Waals surface area contributed by atoms with Gasteiger partial charge in [0.2, 0.25) is 0 Å². The second-order valence-electron chi connectivity index (χ2n) is 1.16. The van der Waals surface area contributed by atoms with E-state index in [0.717, 1.165) is 0 Å². The van der Waals surface area contributed by atoms with E-state index in [-0.39, 0.29) is 4.58 Å². The van der Waals surface area contributed by atoms with Crippen molar-refractivity contribution in [3.05, 3.63) is 0 Å². The van der Waals surface area contributed by atoms with E-state index >= 15 is 0 Å². The molecule has 0 aromatic rings. The van der Waals surface area contributed by atoms with Crippen molar-refractivity contribution in [3.63, 3.8) is 0 Å². The Bertz CT molecular complexity index is 144. The quantitative estimate of drug-likeness (QED) is 0.365. The van der Waals surface area contributed by atoms with Crippen molar-refractivity contribution in [2.75, 3.05) is 0 Å². The molecule has 0 aromatic heterocycles. The molecule has 0 spiro atoms. The van der Waals surface area contributed by atoms with Crippen molar-refractivity contribution >= 4 is 29.5 Å². The Morgan fingerprint density at radius 1 is 2.00 bits per heavy atom. The lowest BCUT2D eigenvalue weighted by Gasteiger charge is -1.57. The first kappa shape index (κ1) is 4.87. The molecule has 0 amide bonds. The van der Waals surface area contributed by atoms with Crippen LogP contribution in [0.2, 0.25) is 0 Å². The molecule has 0 bridgehead atoms. The zero-order chi connectivity index (χ0) is 4.78. The molecule has 2 unspecified atom stereocenters. The van der Waals surface area contributed by atoms with Gasteiger partial charge in [0.25, 0.3) is 0 Å². The third-order valence-corrected chi connectivity index (χ3v) is 6.58. The normalized spacial score (nSPS) is 55.2. The fourth-order valence-corrected chi connectivity index (χ4v) is 3.65. The molecule has 1 heterocycles. The molecule has 0 radical (unpaired) electrons. The highest BCUT2D eigenvalue weighted by atomic mass is 33.4. The van der Waals surface area contributed by atoms with E-state index in [0.29, 0.717) is 0 Å². The molecule has 2 atom stereocenters. The molecular weight excluding hydrogens is 136 g/mol. The van der Waals surface area contributed by atoms with E-state index in [4.69, 9.17) is 0 Å². The van der Waals surface area contributed by atoms with E-state index in [1.165, 1.54) is 10.8 Å². The van der Waals surface area contributed by atoms with Crippen LogP contribution in [-0.4, -0.2) is 8.79 Å². The maximum atomic E-state index is 10.4. The zero-order valence-electron chi connectivity index (χ0n) is 3.21. The monoisotopic (exact) mass is 140 g/mol. The van der Waals surface area contributed by atoms with Gasteiger partial charge < -0.3 is 0 Å². The third-order valence-electron chi connectivity index (χ3n) is 0.638. The lowest BCUT2D eigenvalue weighted by atomic mass is 11.0. The summed E-state index contributed by atoms with van der Waals surface area (Å²) in [5.74, 6) is 0. The SMILES string of the molecule is CC1SS1(=O)=S. The Morgan fingerprint density at radius 3 is 2.17 bits per heavy atom. The van der Waals surface area contributed by atoms with Crippen molar-refractivity contribution in [3.8, 4) is 0 Å². The molecule has 36 valence electrons. The number of hydrogen-bond donors (Lipinski definition) is 0. The van der Waals surface area contributed by atoms with Gasteiger partial charge >= 0.3 is 0 Å². The molecular formula is C2H4OS3. The molecule has 0 N–H and O–H groups in total. The van der Waals surface area contributed by atoms with Crippen LogP contribution in [0.4, 0.5) is 0 Å². The predicted molar refractivity (Wildman–Crippen MR) is 32.6 cm³/mol. The predicted octanol–water partition coefficient (Wildman–Crippen LogP) is 0.740. The summed E-state index contributed by atoms with van der Waals surface area (Å²) in [6, 6.07) is 0. The van der Waals surface area contributed by atoms with Crippen molar-refractivity contribution in [2.45, 2.75) is 11.5 Å². The van der Waals surface area contributed by atoms with Gasteiger partial charge in [0, 0.05) is 0 Å². The van der Waals surface area contributed by atoms with Crippen LogP contribution in [0.25, 0.3) is 0 Å². The summed E-state index contributed by atoms with van der Waals surface area (Å²) < 4.78 is 10.7. The molecule has 0 aliphatic carbocycles. The van der Waals surface area contributed by atoms with Gasteiger partial charge in [-0.25, -0.2) is 4.21 Å². The Kier molecular flexibility index (Phi) is 0.900. The average molecular weight is 140 g/mol. The van der Waals surface area contributed by atoms with Crippen LogP contribution in [0.15, 0.2) is 0 Å². The maximum Gasteiger partial charge on any atom is 0.102 e. The van der Waals surface area contributed by atoms with Gasteiger partial charge in [0.1, 0.15) is 4.58 Å². The summed E-state index contributed by atoms with van der Waals surface area (Å²) in [5, 5.41) is 0. The summed E-state index contributed by atoms with van der Waals surface area (Å²) in [5.41, 5.74) is 0. The van der Waals surface area contributed by atoms with Crippen molar-refractivity contribution in [1.82, 2.24) is 0 Å². The molecule has 6 heavy (non-hydrogen) atoms. The molecule has 1 rings (SSSR count). The van der Waals surface area contributed by atoms with Gasteiger partial charge in [-0.15, -0.1) is 0 Å². The highest BCUT2D eigenvalue weighted by molar-refractivity contribution is 8.99. The zero-order valence-corrected chi connectivity index (χ0v) is 5.66. The minimum absolute atomic E-state index is 0.257. The van der Waals surface area contributed by atoms with Crippen LogP contribution in [0.5, 0.6) is 0 Å². The van der Waals surface area contributed by atoms with Gasteiger partial charge in [-0.2, -0.15) is 0 Å². The Hall–Kier alpha value is 0.720. The Labute approximate surface area is 45.6 Å². The second-order valence-corrected chi connectivity index (χ2v) is 8.23. The topological polar surface area (TPSA) is 17.1 Å². The van der Waals surface area contributed by atoms with Crippen LogP contribution < -0.4 is 0 Å². The molecule has 1 fully saturated rings. The van der Waals surface area contributed by atoms with Crippen molar-refractivity contribution in [1.29, 1.82) is 0 Å².